The van der Waals surface area contributed by atoms with Gasteiger partial charge in [-0.3, -0.25) is 0 Å². The molecule has 0 aliphatic heterocycles. The molecule has 0 fully saturated rings. The van der Waals surface area contributed by atoms with E-state index in [-0.39, 0.29) is 6.10 Å². The van der Waals surface area contributed by atoms with Crippen LogP contribution < -0.4 is 5.32 Å². The van der Waals surface area contributed by atoms with Gasteiger partial charge in [0.05, 0.1) is 12.7 Å². The highest BCUT2D eigenvalue weighted by Gasteiger charge is 2.03. The lowest BCUT2D eigenvalue weighted by molar-refractivity contribution is 0.0355. The van der Waals surface area contributed by atoms with Gasteiger partial charge in [-0.25, -0.2) is 0 Å². The molecular weight excluding hydrogens is 466 g/mol. The number of unbranched alkanes of at least 4 members (excludes halogenated alkanes) is 26. The Morgan fingerprint density at radius 3 is 1.13 bits per heavy atom. The lowest BCUT2D eigenvalue weighted by Crippen LogP contribution is -2.31. The van der Waals surface area contributed by atoms with Gasteiger partial charge < -0.3 is 15.2 Å². The summed E-state index contributed by atoms with van der Waals surface area (Å²) in [5, 5.41) is 13.5. The summed E-state index contributed by atoms with van der Waals surface area (Å²) in [6.45, 7) is 7.54. The Labute approximate surface area is 241 Å². The van der Waals surface area contributed by atoms with E-state index < -0.39 is 0 Å². The standard InChI is InChI=1S/C35H73NO2/c1-3-5-7-9-11-13-15-17-19-21-23-25-27-29-31-36-33-35(37)34-38-32-30-28-26-24-22-20-18-16-14-12-10-8-6-4-2/h35-37H,3-34H2,1-2H3. The van der Waals surface area contributed by atoms with E-state index in [1.807, 2.05) is 0 Å². The molecular formula is C35H73NO2. The fourth-order valence-electron chi connectivity index (χ4n) is 5.39. The molecule has 0 aliphatic rings. The molecule has 1 atom stereocenters. The summed E-state index contributed by atoms with van der Waals surface area (Å²) in [5.41, 5.74) is 0. The van der Waals surface area contributed by atoms with Crippen LogP contribution in [0, 0.1) is 0 Å². The topological polar surface area (TPSA) is 41.5 Å². The van der Waals surface area contributed by atoms with Crippen LogP contribution in [0.15, 0.2) is 0 Å². The van der Waals surface area contributed by atoms with Crippen molar-refractivity contribution >= 4 is 0 Å². The van der Waals surface area contributed by atoms with Crippen molar-refractivity contribution in [1.82, 2.24) is 5.32 Å². The molecule has 0 saturated heterocycles. The molecule has 230 valence electrons. The molecule has 0 saturated carbocycles. The molecule has 0 amide bonds. The Bertz CT molecular complexity index is 367. The number of aliphatic hydroxyl groups excluding tert-OH is 1. The zero-order valence-electron chi connectivity index (χ0n) is 26.6. The van der Waals surface area contributed by atoms with Crippen LogP contribution in [0.5, 0.6) is 0 Å². The van der Waals surface area contributed by atoms with Crippen molar-refractivity contribution in [3.8, 4) is 0 Å². The van der Waals surface area contributed by atoms with Crippen LogP contribution >= 0.6 is 0 Å². The van der Waals surface area contributed by atoms with Crippen molar-refractivity contribution in [3.05, 3.63) is 0 Å². The molecule has 0 aliphatic carbocycles. The number of rotatable bonds is 34. The molecule has 0 aromatic heterocycles. The first-order chi connectivity index (χ1) is 18.8. The van der Waals surface area contributed by atoms with Crippen molar-refractivity contribution in [2.75, 3.05) is 26.3 Å². The number of ether oxygens (including phenoxy) is 1. The van der Waals surface area contributed by atoms with E-state index in [0.29, 0.717) is 13.2 Å². The highest BCUT2D eigenvalue weighted by atomic mass is 16.5. The normalized spacial score (nSPS) is 12.4. The Balaban J connectivity index is 3.13. The average molecular weight is 540 g/mol. The Kier molecular flexibility index (Phi) is 34.8. The minimum atomic E-state index is -0.367. The Hall–Kier alpha value is -0.120. The summed E-state index contributed by atoms with van der Waals surface area (Å²) in [6.07, 6.45) is 38.6. The summed E-state index contributed by atoms with van der Waals surface area (Å²) < 4.78 is 5.69. The van der Waals surface area contributed by atoms with Crippen LogP contribution in [0.1, 0.15) is 194 Å². The summed E-state index contributed by atoms with van der Waals surface area (Å²) >= 11 is 0. The molecule has 0 bridgehead atoms. The quantitative estimate of drug-likeness (QED) is 0.0799. The monoisotopic (exact) mass is 540 g/mol. The summed E-state index contributed by atoms with van der Waals surface area (Å²) in [4.78, 5) is 0. The fourth-order valence-corrected chi connectivity index (χ4v) is 5.39. The van der Waals surface area contributed by atoms with E-state index in [2.05, 4.69) is 19.2 Å². The molecule has 0 rings (SSSR count). The smallest absolute Gasteiger partial charge is 0.0897 e. The molecule has 38 heavy (non-hydrogen) atoms. The van der Waals surface area contributed by atoms with Gasteiger partial charge >= 0.3 is 0 Å². The predicted octanol–water partition coefficient (Wildman–Crippen LogP) is 10.9. The summed E-state index contributed by atoms with van der Waals surface area (Å²) in [6, 6.07) is 0. The van der Waals surface area contributed by atoms with Crippen LogP contribution in [0.25, 0.3) is 0 Å². The van der Waals surface area contributed by atoms with Crippen molar-refractivity contribution in [3.63, 3.8) is 0 Å². The second-order valence-corrected chi connectivity index (χ2v) is 12.1. The second kappa shape index (κ2) is 34.9. The molecule has 2 N–H and O–H groups in total. The first-order valence-corrected chi connectivity index (χ1v) is 17.8. The van der Waals surface area contributed by atoms with Gasteiger partial charge in [-0.2, -0.15) is 0 Å². The lowest BCUT2D eigenvalue weighted by Gasteiger charge is -2.12. The van der Waals surface area contributed by atoms with Crippen molar-refractivity contribution in [1.29, 1.82) is 0 Å². The van der Waals surface area contributed by atoms with Crippen LogP contribution in [0.4, 0.5) is 0 Å². The number of hydrogen-bond acceptors (Lipinski definition) is 3. The third-order valence-electron chi connectivity index (χ3n) is 8.04. The van der Waals surface area contributed by atoms with E-state index in [4.69, 9.17) is 4.74 Å². The zero-order chi connectivity index (χ0) is 27.6. The number of nitrogens with one attached hydrogen (secondary N) is 1. The fraction of sp³-hybridized carbons (Fsp3) is 1.00. The summed E-state index contributed by atoms with van der Waals surface area (Å²) in [5.74, 6) is 0. The van der Waals surface area contributed by atoms with Crippen LogP contribution in [0.3, 0.4) is 0 Å². The van der Waals surface area contributed by atoms with E-state index in [1.54, 1.807) is 0 Å². The Morgan fingerprint density at radius 2 is 0.763 bits per heavy atom. The van der Waals surface area contributed by atoms with Crippen LogP contribution in [0.2, 0.25) is 0 Å². The van der Waals surface area contributed by atoms with Crippen molar-refractivity contribution in [2.45, 2.75) is 200 Å². The zero-order valence-corrected chi connectivity index (χ0v) is 26.6. The maximum atomic E-state index is 10.1. The highest BCUT2D eigenvalue weighted by molar-refractivity contribution is 4.59. The number of hydrogen-bond donors (Lipinski definition) is 2. The maximum absolute atomic E-state index is 10.1. The first kappa shape index (κ1) is 37.9. The van der Waals surface area contributed by atoms with E-state index in [9.17, 15) is 5.11 Å². The van der Waals surface area contributed by atoms with Gasteiger partial charge in [0.2, 0.25) is 0 Å². The third kappa shape index (κ3) is 33.9. The largest absolute Gasteiger partial charge is 0.389 e. The first-order valence-electron chi connectivity index (χ1n) is 17.8. The van der Waals surface area contributed by atoms with Gasteiger partial charge in [-0.15, -0.1) is 0 Å². The minimum Gasteiger partial charge on any atom is -0.389 e. The lowest BCUT2D eigenvalue weighted by atomic mass is 10.0. The molecule has 0 spiro atoms. The molecule has 3 heteroatoms. The van der Waals surface area contributed by atoms with Crippen LogP contribution in [-0.4, -0.2) is 37.5 Å². The third-order valence-corrected chi connectivity index (χ3v) is 8.04. The van der Waals surface area contributed by atoms with Gasteiger partial charge in [0.1, 0.15) is 0 Å². The molecule has 0 heterocycles. The van der Waals surface area contributed by atoms with E-state index in [0.717, 1.165) is 19.6 Å². The van der Waals surface area contributed by atoms with E-state index >= 15 is 0 Å². The molecule has 1 unspecified atom stereocenters. The number of aliphatic hydroxyl groups is 1. The maximum Gasteiger partial charge on any atom is 0.0897 e. The Morgan fingerprint density at radius 1 is 0.447 bits per heavy atom. The molecule has 0 aromatic rings. The van der Waals surface area contributed by atoms with Crippen LogP contribution in [-0.2, 0) is 4.74 Å². The van der Waals surface area contributed by atoms with Crippen molar-refractivity contribution in [2.24, 2.45) is 0 Å². The van der Waals surface area contributed by atoms with Crippen molar-refractivity contribution < 1.29 is 9.84 Å². The van der Waals surface area contributed by atoms with Gasteiger partial charge in [0.15, 0.2) is 0 Å². The second-order valence-electron chi connectivity index (χ2n) is 12.1. The molecule has 3 nitrogen and oxygen atoms in total. The van der Waals surface area contributed by atoms with Gasteiger partial charge in [-0.05, 0) is 19.4 Å². The van der Waals surface area contributed by atoms with Gasteiger partial charge in [-0.1, -0.05) is 181 Å². The molecule has 0 radical (unpaired) electrons. The average Bonchev–Trinajstić information content (AvgIpc) is 2.92. The van der Waals surface area contributed by atoms with Gasteiger partial charge in [0.25, 0.3) is 0 Å². The molecule has 0 aromatic carbocycles. The van der Waals surface area contributed by atoms with Gasteiger partial charge in [0, 0.05) is 13.2 Å². The predicted molar refractivity (Wildman–Crippen MR) is 170 cm³/mol. The highest BCUT2D eigenvalue weighted by Crippen LogP contribution is 2.14. The minimum absolute atomic E-state index is 0.367. The summed E-state index contributed by atoms with van der Waals surface area (Å²) in [7, 11) is 0. The van der Waals surface area contributed by atoms with E-state index in [1.165, 1.54) is 173 Å². The SMILES string of the molecule is CCCCCCCCCCCCCCCCNCC(O)COCCCCCCCCCCCCCCCC.